The molecule has 0 atom stereocenters. The average molecular weight is 230 g/mol. The van der Waals surface area contributed by atoms with Gasteiger partial charge in [-0.25, -0.2) is 9.37 Å². The Labute approximate surface area is 97.1 Å². The number of nitrogens with one attached hydrogen (secondary N) is 1. The summed E-state index contributed by atoms with van der Waals surface area (Å²) in [6, 6.07) is 9.66. The Morgan fingerprint density at radius 2 is 2.06 bits per heavy atom. The van der Waals surface area contributed by atoms with Crippen LogP contribution in [0.1, 0.15) is 0 Å². The zero-order chi connectivity index (χ0) is 11.7. The van der Waals surface area contributed by atoms with Gasteiger partial charge in [-0.3, -0.25) is 4.40 Å². The summed E-state index contributed by atoms with van der Waals surface area (Å²) in [4.78, 5) is 8.73. The zero-order valence-corrected chi connectivity index (χ0v) is 9.10. The Morgan fingerprint density at radius 3 is 2.94 bits per heavy atom. The predicted octanol–water partition coefficient (Wildman–Crippen LogP) is 2.26. The molecular formula is C12H11FN4. The van der Waals surface area contributed by atoms with Crippen LogP contribution in [-0.4, -0.2) is 27.6 Å². The van der Waals surface area contributed by atoms with Gasteiger partial charge in [-0.2, -0.15) is 4.98 Å². The smallest absolute Gasteiger partial charge is 0.236 e. The Balaban J connectivity index is 2.13. The molecule has 0 spiro atoms. The van der Waals surface area contributed by atoms with Crippen LogP contribution in [0.25, 0.3) is 16.8 Å². The number of hydrogen-bond acceptors (Lipinski definition) is 3. The normalized spacial score (nSPS) is 11.1. The third-order valence-corrected chi connectivity index (χ3v) is 2.58. The fourth-order valence-corrected chi connectivity index (χ4v) is 1.82. The second kappa shape index (κ2) is 4.01. The maximum atomic E-state index is 12.0. The van der Waals surface area contributed by atoms with Crippen molar-refractivity contribution in [2.24, 2.45) is 0 Å². The van der Waals surface area contributed by atoms with E-state index in [-0.39, 0.29) is 6.54 Å². The Bertz CT molecular complexity index is 662. The second-order valence-corrected chi connectivity index (χ2v) is 3.70. The molecule has 0 aliphatic carbocycles. The number of benzene rings is 1. The van der Waals surface area contributed by atoms with Gasteiger partial charge in [0.1, 0.15) is 12.5 Å². The van der Waals surface area contributed by atoms with E-state index in [2.05, 4.69) is 15.3 Å². The van der Waals surface area contributed by atoms with E-state index in [0.717, 1.165) is 11.0 Å². The quantitative estimate of drug-likeness (QED) is 0.750. The van der Waals surface area contributed by atoms with Crippen molar-refractivity contribution in [3.05, 3.63) is 36.5 Å². The third kappa shape index (κ3) is 1.69. The summed E-state index contributed by atoms with van der Waals surface area (Å²) in [5, 5.41) is 2.89. The number of nitrogens with zero attached hydrogens (tertiary/aromatic N) is 3. The van der Waals surface area contributed by atoms with Gasteiger partial charge in [0.05, 0.1) is 11.0 Å². The van der Waals surface area contributed by atoms with Gasteiger partial charge in [0.15, 0.2) is 0 Å². The summed E-state index contributed by atoms with van der Waals surface area (Å²) in [6.45, 7) is -0.146. The number of anilines is 1. The third-order valence-electron chi connectivity index (χ3n) is 2.58. The molecule has 0 amide bonds. The molecule has 86 valence electrons. The van der Waals surface area contributed by atoms with Crippen molar-refractivity contribution in [2.45, 2.75) is 0 Å². The van der Waals surface area contributed by atoms with Gasteiger partial charge in [-0.15, -0.1) is 0 Å². The minimum atomic E-state index is -0.413. The van der Waals surface area contributed by atoms with E-state index in [1.165, 1.54) is 0 Å². The van der Waals surface area contributed by atoms with Crippen molar-refractivity contribution in [3.8, 4) is 0 Å². The summed E-state index contributed by atoms with van der Waals surface area (Å²) < 4.78 is 14.0. The van der Waals surface area contributed by atoms with Crippen molar-refractivity contribution in [1.29, 1.82) is 0 Å². The summed E-state index contributed by atoms with van der Waals surface area (Å²) in [5.41, 5.74) is 1.93. The van der Waals surface area contributed by atoms with Crippen molar-refractivity contribution in [1.82, 2.24) is 14.4 Å². The maximum Gasteiger partial charge on any atom is 0.236 e. The van der Waals surface area contributed by atoms with Crippen molar-refractivity contribution >= 4 is 22.6 Å². The highest BCUT2D eigenvalue weighted by molar-refractivity contribution is 5.79. The summed E-state index contributed by atoms with van der Waals surface area (Å²) >= 11 is 0. The van der Waals surface area contributed by atoms with Crippen molar-refractivity contribution in [2.75, 3.05) is 18.5 Å². The number of rotatable bonds is 3. The molecule has 0 radical (unpaired) electrons. The lowest BCUT2D eigenvalue weighted by Crippen LogP contribution is -2.05. The molecule has 0 aliphatic rings. The van der Waals surface area contributed by atoms with Gasteiger partial charge < -0.3 is 5.32 Å². The lowest BCUT2D eigenvalue weighted by atomic mass is 10.3. The first-order chi connectivity index (χ1) is 8.38. The maximum absolute atomic E-state index is 12.0. The van der Waals surface area contributed by atoms with Crippen LogP contribution in [0.5, 0.6) is 0 Å². The fraction of sp³-hybridized carbons (Fsp3) is 0.167. The van der Waals surface area contributed by atoms with E-state index >= 15 is 0 Å². The van der Waals surface area contributed by atoms with Crippen LogP contribution in [0.4, 0.5) is 10.2 Å². The molecule has 1 N–H and O–H groups in total. The highest BCUT2D eigenvalue weighted by atomic mass is 19.1. The molecular weight excluding hydrogens is 219 g/mol. The molecule has 5 heteroatoms. The lowest BCUT2D eigenvalue weighted by molar-refractivity contribution is 0.512. The van der Waals surface area contributed by atoms with Crippen LogP contribution < -0.4 is 5.32 Å². The highest BCUT2D eigenvalue weighted by Gasteiger charge is 2.04. The van der Waals surface area contributed by atoms with Gasteiger partial charge in [-0.1, -0.05) is 12.1 Å². The number of aromatic nitrogens is 3. The molecule has 2 aromatic heterocycles. The van der Waals surface area contributed by atoms with E-state index in [1.807, 2.05) is 40.9 Å². The Hall–Kier alpha value is -2.17. The molecule has 4 nitrogen and oxygen atoms in total. The zero-order valence-electron chi connectivity index (χ0n) is 9.10. The molecule has 1 aromatic carbocycles. The molecule has 0 fully saturated rings. The topological polar surface area (TPSA) is 42.2 Å². The first-order valence-electron chi connectivity index (χ1n) is 5.42. The Kier molecular flexibility index (Phi) is 2.36. The van der Waals surface area contributed by atoms with Gasteiger partial charge in [0.25, 0.3) is 0 Å². The fourth-order valence-electron chi connectivity index (χ4n) is 1.82. The summed E-state index contributed by atoms with van der Waals surface area (Å²) in [5.74, 6) is 1.26. The molecule has 0 unspecified atom stereocenters. The first-order valence-corrected chi connectivity index (χ1v) is 5.42. The van der Waals surface area contributed by atoms with Crippen LogP contribution >= 0.6 is 0 Å². The van der Waals surface area contributed by atoms with Gasteiger partial charge in [-0.05, 0) is 18.2 Å². The molecule has 3 rings (SSSR count). The largest absolute Gasteiger partial charge is 0.367 e. The van der Waals surface area contributed by atoms with E-state index in [9.17, 15) is 4.39 Å². The van der Waals surface area contributed by atoms with E-state index in [0.29, 0.717) is 11.6 Å². The summed E-state index contributed by atoms with van der Waals surface area (Å²) in [7, 11) is 0. The molecule has 17 heavy (non-hydrogen) atoms. The number of fused-ring (bicyclic) bond motifs is 3. The molecule has 0 saturated carbocycles. The molecule has 0 aliphatic heterocycles. The number of alkyl halides is 1. The second-order valence-electron chi connectivity index (χ2n) is 3.70. The highest BCUT2D eigenvalue weighted by Crippen LogP contribution is 2.16. The van der Waals surface area contributed by atoms with Crippen LogP contribution in [0, 0.1) is 0 Å². The number of halogens is 1. The molecule has 0 saturated heterocycles. The number of hydrogen-bond donors (Lipinski definition) is 1. The average Bonchev–Trinajstić information content (AvgIpc) is 2.74. The van der Waals surface area contributed by atoms with Crippen LogP contribution in [0.15, 0.2) is 36.5 Å². The van der Waals surface area contributed by atoms with E-state index in [1.54, 1.807) is 0 Å². The van der Waals surface area contributed by atoms with Crippen molar-refractivity contribution < 1.29 is 4.39 Å². The number of imidazole rings is 1. The van der Waals surface area contributed by atoms with E-state index in [4.69, 9.17) is 0 Å². The Morgan fingerprint density at radius 1 is 1.18 bits per heavy atom. The van der Waals surface area contributed by atoms with Crippen LogP contribution in [0.3, 0.4) is 0 Å². The van der Waals surface area contributed by atoms with E-state index < -0.39 is 6.67 Å². The molecule has 0 bridgehead atoms. The predicted molar refractivity (Wildman–Crippen MR) is 65.0 cm³/mol. The van der Waals surface area contributed by atoms with Crippen LogP contribution in [-0.2, 0) is 0 Å². The van der Waals surface area contributed by atoms with Gasteiger partial charge >= 0.3 is 0 Å². The molecule has 2 heterocycles. The van der Waals surface area contributed by atoms with Crippen LogP contribution in [0.2, 0.25) is 0 Å². The first kappa shape index (κ1) is 10.0. The monoisotopic (exact) mass is 230 g/mol. The minimum absolute atomic E-state index is 0.267. The van der Waals surface area contributed by atoms with Gasteiger partial charge in [0, 0.05) is 12.7 Å². The lowest BCUT2D eigenvalue weighted by Gasteiger charge is -2.02. The number of para-hydroxylation sites is 2. The molecule has 3 aromatic rings. The minimum Gasteiger partial charge on any atom is -0.367 e. The SMILES string of the molecule is FCCNc1ccn2c(n1)nc1ccccc12. The standard InChI is InChI=1S/C12H11FN4/c13-6-7-14-11-5-8-17-10-4-2-1-3-9(10)15-12(17)16-11/h1-5,8H,6-7H2,(H,14,15,16). The van der Waals surface area contributed by atoms with Gasteiger partial charge in [0.2, 0.25) is 5.78 Å². The summed E-state index contributed by atoms with van der Waals surface area (Å²) in [6.07, 6.45) is 1.89. The van der Waals surface area contributed by atoms with Crippen molar-refractivity contribution in [3.63, 3.8) is 0 Å².